The molecule has 3 rings (SSSR count). The van der Waals surface area contributed by atoms with E-state index in [4.69, 9.17) is 4.74 Å². The number of amides is 1. The SMILES string of the molecule is CCOC(=O)c1sc(NC(=O)CSc2nc(C)nc3sc(C)c(C)c23)nc1C. The van der Waals surface area contributed by atoms with Crippen LogP contribution >= 0.6 is 34.4 Å². The predicted octanol–water partition coefficient (Wildman–Crippen LogP) is 4.29. The van der Waals surface area contributed by atoms with Gasteiger partial charge < -0.3 is 10.1 Å². The molecule has 0 fully saturated rings. The maximum Gasteiger partial charge on any atom is 0.350 e. The molecular formula is C18H20N4O3S3. The highest BCUT2D eigenvalue weighted by Gasteiger charge is 2.19. The summed E-state index contributed by atoms with van der Waals surface area (Å²) in [5, 5.41) is 4.96. The molecule has 0 atom stereocenters. The fourth-order valence-corrected chi connectivity index (χ4v) is 5.49. The van der Waals surface area contributed by atoms with E-state index in [1.807, 2.05) is 13.8 Å². The van der Waals surface area contributed by atoms with Crippen LogP contribution in [0.15, 0.2) is 5.03 Å². The lowest BCUT2D eigenvalue weighted by Gasteiger charge is -2.05. The molecule has 0 saturated carbocycles. The Morgan fingerprint density at radius 3 is 2.57 bits per heavy atom. The smallest absolute Gasteiger partial charge is 0.350 e. The number of aromatic nitrogens is 3. The van der Waals surface area contributed by atoms with Crippen molar-refractivity contribution in [1.29, 1.82) is 0 Å². The van der Waals surface area contributed by atoms with Gasteiger partial charge in [0.25, 0.3) is 0 Å². The van der Waals surface area contributed by atoms with Gasteiger partial charge in [0, 0.05) is 10.3 Å². The van der Waals surface area contributed by atoms with Crippen LogP contribution < -0.4 is 5.32 Å². The number of esters is 1. The minimum atomic E-state index is -0.422. The normalized spacial score (nSPS) is 11.0. The topological polar surface area (TPSA) is 94.1 Å². The molecule has 0 aliphatic rings. The van der Waals surface area contributed by atoms with Crippen molar-refractivity contribution in [2.45, 2.75) is 39.6 Å². The largest absolute Gasteiger partial charge is 0.462 e. The minimum Gasteiger partial charge on any atom is -0.462 e. The molecule has 3 aromatic rings. The summed E-state index contributed by atoms with van der Waals surface area (Å²) < 4.78 is 5.00. The van der Waals surface area contributed by atoms with Crippen LogP contribution in [-0.2, 0) is 9.53 Å². The Labute approximate surface area is 175 Å². The summed E-state index contributed by atoms with van der Waals surface area (Å²) in [7, 11) is 0. The molecule has 0 saturated heterocycles. The number of nitrogens with zero attached hydrogens (tertiary/aromatic N) is 3. The Bertz CT molecular complexity index is 1060. The van der Waals surface area contributed by atoms with Gasteiger partial charge in [-0.2, -0.15) is 0 Å². The van der Waals surface area contributed by atoms with E-state index in [2.05, 4.69) is 27.2 Å². The van der Waals surface area contributed by atoms with Gasteiger partial charge in [-0.05, 0) is 40.2 Å². The maximum atomic E-state index is 12.4. The molecule has 28 heavy (non-hydrogen) atoms. The number of anilines is 1. The first-order chi connectivity index (χ1) is 13.3. The van der Waals surface area contributed by atoms with Crippen molar-refractivity contribution in [2.75, 3.05) is 17.7 Å². The second-order valence-electron chi connectivity index (χ2n) is 6.03. The fraction of sp³-hybridized carbons (Fsp3) is 0.389. The molecule has 0 unspecified atom stereocenters. The highest BCUT2D eigenvalue weighted by molar-refractivity contribution is 8.00. The van der Waals surface area contributed by atoms with E-state index in [0.717, 1.165) is 32.1 Å². The molecule has 3 heterocycles. The zero-order valence-corrected chi connectivity index (χ0v) is 18.7. The molecule has 0 aromatic carbocycles. The standard InChI is InChI=1S/C18H20N4O3S3/c1-6-25-17(24)14-9(3)19-18(28-14)22-12(23)7-26-15-13-8(2)10(4)27-16(13)21-11(5)20-15/h6-7H2,1-5H3,(H,19,22,23). The van der Waals surface area contributed by atoms with E-state index in [-0.39, 0.29) is 11.7 Å². The lowest BCUT2D eigenvalue weighted by Crippen LogP contribution is -2.14. The Balaban J connectivity index is 1.71. The first-order valence-corrected chi connectivity index (χ1v) is 11.2. The fourth-order valence-electron chi connectivity index (χ4n) is 2.54. The van der Waals surface area contributed by atoms with Crippen LogP contribution in [-0.4, -0.2) is 39.2 Å². The number of hydrogen-bond acceptors (Lipinski definition) is 9. The molecular weight excluding hydrogens is 416 g/mol. The van der Waals surface area contributed by atoms with Gasteiger partial charge in [0.05, 0.1) is 18.1 Å². The average molecular weight is 437 g/mol. The number of thioether (sulfide) groups is 1. The third-order valence-corrected chi connectivity index (χ3v) is 7.08. The van der Waals surface area contributed by atoms with Gasteiger partial charge in [0.1, 0.15) is 20.6 Å². The van der Waals surface area contributed by atoms with E-state index < -0.39 is 5.97 Å². The molecule has 0 radical (unpaired) electrons. The summed E-state index contributed by atoms with van der Waals surface area (Å²) in [6.45, 7) is 9.72. The van der Waals surface area contributed by atoms with E-state index in [1.54, 1.807) is 25.2 Å². The number of nitrogens with one attached hydrogen (secondary N) is 1. The molecule has 1 N–H and O–H groups in total. The Morgan fingerprint density at radius 2 is 1.86 bits per heavy atom. The zero-order valence-electron chi connectivity index (χ0n) is 16.2. The van der Waals surface area contributed by atoms with Crippen molar-refractivity contribution < 1.29 is 14.3 Å². The van der Waals surface area contributed by atoms with Crippen LogP contribution in [0.2, 0.25) is 0 Å². The summed E-state index contributed by atoms with van der Waals surface area (Å²) >= 11 is 4.13. The number of carbonyl (C=O) groups excluding carboxylic acids is 2. The van der Waals surface area contributed by atoms with E-state index in [1.165, 1.54) is 16.6 Å². The van der Waals surface area contributed by atoms with Crippen LogP contribution in [0.3, 0.4) is 0 Å². The molecule has 148 valence electrons. The molecule has 0 aliphatic carbocycles. The Morgan fingerprint density at radius 1 is 1.11 bits per heavy atom. The van der Waals surface area contributed by atoms with Gasteiger partial charge in [-0.15, -0.1) is 11.3 Å². The second-order valence-corrected chi connectivity index (χ2v) is 9.20. The quantitative estimate of drug-likeness (QED) is 0.350. The number of aryl methyl sites for hydroxylation is 4. The van der Waals surface area contributed by atoms with Crippen LogP contribution in [0.25, 0.3) is 10.2 Å². The van der Waals surface area contributed by atoms with Crippen LogP contribution in [0.4, 0.5) is 5.13 Å². The summed E-state index contributed by atoms with van der Waals surface area (Å²) in [5.74, 6) is 0.247. The van der Waals surface area contributed by atoms with Crippen molar-refractivity contribution in [3.8, 4) is 0 Å². The molecule has 7 nitrogen and oxygen atoms in total. The van der Waals surface area contributed by atoms with Gasteiger partial charge in [0.15, 0.2) is 5.13 Å². The number of thiazole rings is 1. The van der Waals surface area contributed by atoms with Crippen molar-refractivity contribution in [1.82, 2.24) is 15.0 Å². The molecule has 10 heteroatoms. The maximum absolute atomic E-state index is 12.4. The molecule has 0 bridgehead atoms. The van der Waals surface area contributed by atoms with Crippen molar-refractivity contribution in [3.63, 3.8) is 0 Å². The van der Waals surface area contributed by atoms with Crippen molar-refractivity contribution in [2.24, 2.45) is 0 Å². The van der Waals surface area contributed by atoms with E-state index in [0.29, 0.717) is 28.1 Å². The van der Waals surface area contributed by atoms with Crippen molar-refractivity contribution in [3.05, 3.63) is 26.8 Å². The lowest BCUT2D eigenvalue weighted by molar-refractivity contribution is -0.113. The first kappa shape index (κ1) is 20.7. The molecule has 0 aliphatic heterocycles. The number of rotatable bonds is 6. The minimum absolute atomic E-state index is 0.188. The van der Waals surface area contributed by atoms with Crippen LogP contribution in [0, 0.1) is 27.7 Å². The van der Waals surface area contributed by atoms with E-state index >= 15 is 0 Å². The zero-order chi connectivity index (χ0) is 20.4. The monoisotopic (exact) mass is 436 g/mol. The molecule has 1 amide bonds. The van der Waals surface area contributed by atoms with Gasteiger partial charge in [-0.1, -0.05) is 23.1 Å². The summed E-state index contributed by atoms with van der Waals surface area (Å²) in [6.07, 6.45) is 0. The van der Waals surface area contributed by atoms with Crippen LogP contribution in [0.5, 0.6) is 0 Å². The second kappa shape index (κ2) is 8.54. The summed E-state index contributed by atoms with van der Waals surface area (Å²) in [5.41, 5.74) is 1.70. The van der Waals surface area contributed by atoms with Gasteiger partial charge in [-0.3, -0.25) is 4.79 Å². The van der Waals surface area contributed by atoms with Gasteiger partial charge in [-0.25, -0.2) is 19.7 Å². The average Bonchev–Trinajstić information content (AvgIpc) is 3.12. The Hall–Kier alpha value is -2.04. The molecule has 0 spiro atoms. The first-order valence-electron chi connectivity index (χ1n) is 8.61. The summed E-state index contributed by atoms with van der Waals surface area (Å²) in [6, 6.07) is 0. The predicted molar refractivity (Wildman–Crippen MR) is 114 cm³/mol. The number of fused-ring (bicyclic) bond motifs is 1. The number of hydrogen-bond donors (Lipinski definition) is 1. The highest BCUT2D eigenvalue weighted by Crippen LogP contribution is 2.35. The van der Waals surface area contributed by atoms with Gasteiger partial charge in [0.2, 0.25) is 5.91 Å². The summed E-state index contributed by atoms with van der Waals surface area (Å²) in [4.78, 5) is 40.1. The third-order valence-electron chi connectivity index (χ3n) is 3.95. The number of thiophene rings is 1. The number of carbonyl (C=O) groups is 2. The van der Waals surface area contributed by atoms with Crippen molar-refractivity contribution >= 4 is 61.7 Å². The van der Waals surface area contributed by atoms with Gasteiger partial charge >= 0.3 is 5.97 Å². The third kappa shape index (κ3) is 4.34. The van der Waals surface area contributed by atoms with E-state index in [9.17, 15) is 9.59 Å². The number of ether oxygens (including phenoxy) is 1. The Kier molecular flexibility index (Phi) is 6.31. The lowest BCUT2D eigenvalue weighted by atomic mass is 10.2. The highest BCUT2D eigenvalue weighted by atomic mass is 32.2. The van der Waals surface area contributed by atoms with Crippen LogP contribution in [0.1, 0.15) is 38.6 Å². The molecule has 3 aromatic heterocycles.